The van der Waals surface area contributed by atoms with E-state index in [0.717, 1.165) is 12.8 Å². The maximum Gasteiger partial charge on any atom is 0.267 e. The first-order valence-electron chi connectivity index (χ1n) is 7.56. The van der Waals surface area contributed by atoms with Gasteiger partial charge in [-0.05, 0) is 18.9 Å². The first-order valence-corrected chi connectivity index (χ1v) is 9.00. The Morgan fingerprint density at radius 1 is 1.36 bits per heavy atom. The molecule has 0 aliphatic carbocycles. The molecule has 8 heteroatoms. The van der Waals surface area contributed by atoms with E-state index in [1.54, 1.807) is 0 Å². The highest BCUT2D eigenvalue weighted by molar-refractivity contribution is 7.89. The number of amides is 1. The lowest BCUT2D eigenvalue weighted by Gasteiger charge is -2.25. The second-order valence-electron chi connectivity index (χ2n) is 5.25. The topological polar surface area (TPSA) is 91.5 Å². The van der Waals surface area contributed by atoms with Gasteiger partial charge in [0, 0.05) is 25.3 Å². The molecule has 2 N–H and O–H groups in total. The van der Waals surface area contributed by atoms with Gasteiger partial charge >= 0.3 is 0 Å². The molecule has 2 heterocycles. The number of carbonyl (C=O) groups is 1. The zero-order valence-corrected chi connectivity index (χ0v) is 13.8. The molecule has 0 atom stereocenters. The van der Waals surface area contributed by atoms with Crippen molar-refractivity contribution in [1.82, 2.24) is 14.6 Å². The standard InChI is InChI=1S/C14H23N3O4S/c1-3-11(4-2)16-14(18)13-9-12(10-15-13)22(19,20)17-5-7-21-8-6-17/h9-11,15H,3-8H2,1-2H3,(H,16,18). The van der Waals surface area contributed by atoms with Crippen molar-refractivity contribution in [2.75, 3.05) is 26.3 Å². The molecule has 1 aromatic heterocycles. The summed E-state index contributed by atoms with van der Waals surface area (Å²) in [6.07, 6.45) is 3.04. The minimum atomic E-state index is -3.57. The minimum absolute atomic E-state index is 0.0927. The third kappa shape index (κ3) is 3.68. The van der Waals surface area contributed by atoms with E-state index in [-0.39, 0.29) is 22.5 Å². The molecule has 1 aliphatic heterocycles. The van der Waals surface area contributed by atoms with E-state index in [1.165, 1.54) is 16.6 Å². The van der Waals surface area contributed by atoms with Gasteiger partial charge in [-0.1, -0.05) is 13.8 Å². The lowest BCUT2D eigenvalue weighted by molar-refractivity contribution is 0.0730. The van der Waals surface area contributed by atoms with E-state index < -0.39 is 10.0 Å². The van der Waals surface area contributed by atoms with Crippen LogP contribution in [0.5, 0.6) is 0 Å². The number of hydrogen-bond donors (Lipinski definition) is 2. The third-order valence-electron chi connectivity index (χ3n) is 3.83. The second-order valence-corrected chi connectivity index (χ2v) is 7.19. The predicted molar refractivity (Wildman–Crippen MR) is 82.2 cm³/mol. The fraction of sp³-hybridized carbons (Fsp3) is 0.643. The number of rotatable bonds is 6. The van der Waals surface area contributed by atoms with Crippen LogP contribution in [0.4, 0.5) is 0 Å². The van der Waals surface area contributed by atoms with Crippen molar-refractivity contribution in [2.45, 2.75) is 37.6 Å². The Hall–Kier alpha value is -1.38. The van der Waals surface area contributed by atoms with E-state index in [4.69, 9.17) is 4.74 Å². The Balaban J connectivity index is 2.11. The van der Waals surface area contributed by atoms with E-state index in [9.17, 15) is 13.2 Å². The van der Waals surface area contributed by atoms with E-state index >= 15 is 0 Å². The largest absolute Gasteiger partial charge is 0.379 e. The number of H-pyrrole nitrogens is 1. The summed E-state index contributed by atoms with van der Waals surface area (Å²) in [5.41, 5.74) is 0.263. The molecule has 0 bridgehead atoms. The third-order valence-corrected chi connectivity index (χ3v) is 5.71. The Bertz CT molecular complexity index is 601. The Morgan fingerprint density at radius 2 is 2.00 bits per heavy atom. The summed E-state index contributed by atoms with van der Waals surface area (Å²) < 4.78 is 31.5. The van der Waals surface area contributed by atoms with Crippen LogP contribution in [0.25, 0.3) is 0 Å². The molecule has 1 aliphatic rings. The molecule has 0 radical (unpaired) electrons. The average Bonchev–Trinajstić information content (AvgIpc) is 3.04. The molecular weight excluding hydrogens is 306 g/mol. The van der Waals surface area contributed by atoms with E-state index in [2.05, 4.69) is 10.3 Å². The number of carbonyl (C=O) groups excluding carboxylic acids is 1. The molecule has 1 saturated heterocycles. The lowest BCUT2D eigenvalue weighted by atomic mass is 10.1. The normalized spacial score (nSPS) is 16.9. The van der Waals surface area contributed by atoms with Crippen LogP contribution in [0.15, 0.2) is 17.2 Å². The van der Waals surface area contributed by atoms with E-state index in [0.29, 0.717) is 26.3 Å². The molecule has 0 aromatic carbocycles. The molecule has 124 valence electrons. The molecule has 1 aromatic rings. The lowest BCUT2D eigenvalue weighted by Crippen LogP contribution is -2.40. The summed E-state index contributed by atoms with van der Waals surface area (Å²) in [7, 11) is -3.57. The minimum Gasteiger partial charge on any atom is -0.379 e. The van der Waals surface area contributed by atoms with Crippen LogP contribution in [0.2, 0.25) is 0 Å². The number of nitrogens with one attached hydrogen (secondary N) is 2. The predicted octanol–water partition coefficient (Wildman–Crippen LogP) is 0.954. The number of aromatic amines is 1. The number of aromatic nitrogens is 1. The Morgan fingerprint density at radius 3 is 2.59 bits per heavy atom. The van der Waals surface area contributed by atoms with Crippen molar-refractivity contribution in [2.24, 2.45) is 0 Å². The number of nitrogens with zero attached hydrogens (tertiary/aromatic N) is 1. The fourth-order valence-electron chi connectivity index (χ4n) is 2.35. The zero-order valence-electron chi connectivity index (χ0n) is 13.0. The summed E-state index contributed by atoms with van der Waals surface area (Å²) >= 11 is 0. The molecule has 1 fully saturated rings. The van der Waals surface area contributed by atoms with Gasteiger partial charge in [0.15, 0.2) is 0 Å². The maximum atomic E-state index is 12.5. The van der Waals surface area contributed by atoms with Crippen LogP contribution < -0.4 is 5.32 Å². The summed E-state index contributed by atoms with van der Waals surface area (Å²) in [5, 5.41) is 2.88. The van der Waals surface area contributed by atoms with Gasteiger partial charge in [-0.3, -0.25) is 4.79 Å². The second kappa shape index (κ2) is 7.26. The molecular formula is C14H23N3O4S. The van der Waals surface area contributed by atoms with Crippen molar-refractivity contribution in [3.8, 4) is 0 Å². The van der Waals surface area contributed by atoms with Crippen LogP contribution in [0.3, 0.4) is 0 Å². The summed E-state index contributed by atoms with van der Waals surface area (Å²) in [6.45, 7) is 5.46. The highest BCUT2D eigenvalue weighted by Gasteiger charge is 2.28. The van der Waals surface area contributed by atoms with Gasteiger partial charge in [-0.25, -0.2) is 8.42 Å². The van der Waals surface area contributed by atoms with Crippen LogP contribution in [0, 0.1) is 0 Å². The number of morpholine rings is 1. The van der Waals surface area contributed by atoms with Gasteiger partial charge in [-0.15, -0.1) is 0 Å². The van der Waals surface area contributed by atoms with Gasteiger partial charge in [0.25, 0.3) is 5.91 Å². The molecule has 0 unspecified atom stereocenters. The van der Waals surface area contributed by atoms with Gasteiger partial charge in [-0.2, -0.15) is 4.31 Å². The van der Waals surface area contributed by atoms with Gasteiger partial charge < -0.3 is 15.0 Å². The van der Waals surface area contributed by atoms with Gasteiger partial charge in [0.1, 0.15) is 10.6 Å². The van der Waals surface area contributed by atoms with Crippen LogP contribution in [-0.2, 0) is 14.8 Å². The zero-order chi connectivity index (χ0) is 16.2. The Kier molecular flexibility index (Phi) is 5.60. The maximum absolute atomic E-state index is 12.5. The van der Waals surface area contributed by atoms with Crippen LogP contribution in [-0.4, -0.2) is 56.0 Å². The quantitative estimate of drug-likeness (QED) is 0.813. The SMILES string of the molecule is CCC(CC)NC(=O)c1cc(S(=O)(=O)N2CCOCC2)c[nH]1. The van der Waals surface area contributed by atoms with Crippen molar-refractivity contribution in [3.05, 3.63) is 18.0 Å². The molecule has 0 saturated carbocycles. The Labute approximate surface area is 131 Å². The number of sulfonamides is 1. The van der Waals surface area contributed by atoms with Crippen molar-refractivity contribution in [3.63, 3.8) is 0 Å². The van der Waals surface area contributed by atoms with Gasteiger partial charge in [0.05, 0.1) is 13.2 Å². The highest BCUT2D eigenvalue weighted by Crippen LogP contribution is 2.18. The summed E-state index contributed by atoms with van der Waals surface area (Å²) in [4.78, 5) is 15.0. The monoisotopic (exact) mass is 329 g/mol. The van der Waals surface area contributed by atoms with Crippen molar-refractivity contribution in [1.29, 1.82) is 0 Å². The molecule has 2 rings (SSSR count). The molecule has 0 spiro atoms. The average molecular weight is 329 g/mol. The summed E-state index contributed by atoms with van der Waals surface area (Å²) in [6, 6.07) is 1.48. The molecule has 1 amide bonds. The first kappa shape index (κ1) is 17.0. The fourth-order valence-corrected chi connectivity index (χ4v) is 3.75. The highest BCUT2D eigenvalue weighted by atomic mass is 32.2. The number of ether oxygens (including phenoxy) is 1. The van der Waals surface area contributed by atoms with Crippen LogP contribution >= 0.6 is 0 Å². The molecule has 22 heavy (non-hydrogen) atoms. The van der Waals surface area contributed by atoms with E-state index in [1.807, 2.05) is 13.8 Å². The van der Waals surface area contributed by atoms with Gasteiger partial charge in [0.2, 0.25) is 10.0 Å². The van der Waals surface area contributed by atoms with Crippen molar-refractivity contribution >= 4 is 15.9 Å². The molecule has 7 nitrogen and oxygen atoms in total. The first-order chi connectivity index (χ1) is 10.5. The smallest absolute Gasteiger partial charge is 0.267 e. The van der Waals surface area contributed by atoms with Crippen LogP contribution in [0.1, 0.15) is 37.2 Å². The van der Waals surface area contributed by atoms with Crippen molar-refractivity contribution < 1.29 is 17.9 Å². The number of hydrogen-bond acceptors (Lipinski definition) is 4. The summed E-state index contributed by atoms with van der Waals surface area (Å²) in [5.74, 6) is -0.280.